The Labute approximate surface area is 191 Å². The average Bonchev–Trinajstić information content (AvgIpc) is 3.07. The van der Waals surface area contributed by atoms with Gasteiger partial charge in [-0.05, 0) is 30.0 Å². The zero-order chi connectivity index (χ0) is 23.9. The maximum Gasteiger partial charge on any atom is 0.348 e. The van der Waals surface area contributed by atoms with Crippen molar-refractivity contribution < 1.29 is 23.9 Å². The number of nitrogens with zero attached hydrogens (tertiary/aromatic N) is 1. The van der Waals surface area contributed by atoms with E-state index in [4.69, 9.17) is 15.2 Å². The zero-order valence-electron chi connectivity index (χ0n) is 18.6. The monoisotopic (exact) mass is 457 g/mol. The third-order valence-corrected chi connectivity index (χ3v) is 5.65. The fourth-order valence-electron chi connectivity index (χ4n) is 2.83. The Morgan fingerprint density at radius 1 is 1.16 bits per heavy atom. The smallest absolute Gasteiger partial charge is 0.348 e. The Morgan fingerprint density at radius 2 is 1.81 bits per heavy atom. The number of nitrogen functional groups attached to an aromatic ring is 1. The summed E-state index contributed by atoms with van der Waals surface area (Å²) in [6.07, 6.45) is -0.0674. The van der Waals surface area contributed by atoms with Crippen LogP contribution in [0.4, 0.5) is 5.00 Å². The molecule has 0 saturated carbocycles. The summed E-state index contributed by atoms with van der Waals surface area (Å²) in [6, 6.07) is 9.23. The van der Waals surface area contributed by atoms with Crippen LogP contribution in [-0.4, -0.2) is 31.0 Å². The summed E-state index contributed by atoms with van der Waals surface area (Å²) in [5.41, 5.74) is 7.72. The number of hydrogen-bond acceptors (Lipinski definition) is 8. The maximum absolute atomic E-state index is 12.3. The van der Waals surface area contributed by atoms with Crippen molar-refractivity contribution in [3.8, 4) is 6.07 Å². The molecular formula is C23H27N3O5S. The number of benzene rings is 1. The molecule has 2 rings (SSSR count). The van der Waals surface area contributed by atoms with E-state index in [1.54, 1.807) is 19.1 Å². The molecule has 0 atom stereocenters. The Bertz CT molecular complexity index is 1030. The van der Waals surface area contributed by atoms with E-state index in [0.717, 1.165) is 16.9 Å². The van der Waals surface area contributed by atoms with E-state index >= 15 is 0 Å². The molecule has 170 valence electrons. The lowest BCUT2D eigenvalue weighted by molar-refractivity contribution is -0.144. The molecule has 1 aromatic carbocycles. The van der Waals surface area contributed by atoms with Gasteiger partial charge in [0.25, 0.3) is 5.91 Å². The highest BCUT2D eigenvalue weighted by atomic mass is 32.1. The number of esters is 2. The van der Waals surface area contributed by atoms with Gasteiger partial charge in [0, 0.05) is 17.7 Å². The van der Waals surface area contributed by atoms with Crippen LogP contribution in [0.25, 0.3) is 0 Å². The first-order chi connectivity index (χ1) is 15.1. The predicted molar refractivity (Wildman–Crippen MR) is 121 cm³/mol. The lowest BCUT2D eigenvalue weighted by Gasteiger charge is -2.19. The van der Waals surface area contributed by atoms with Crippen LogP contribution in [0.3, 0.4) is 0 Å². The number of anilines is 1. The standard InChI is InChI=1S/C23H27N3O5S/c1-5-30-22(29)19-17(16(12-24)20(25)32-19)13-31-18(27)10-11-26-21(28)14-6-8-15(9-7-14)23(2,3)4/h6-9H,5,10-11,13,25H2,1-4H3,(H,26,28). The van der Waals surface area contributed by atoms with Gasteiger partial charge in [0.2, 0.25) is 0 Å². The van der Waals surface area contributed by atoms with Crippen molar-refractivity contribution in [2.24, 2.45) is 0 Å². The molecule has 0 saturated heterocycles. The fourth-order valence-corrected chi connectivity index (χ4v) is 3.75. The molecule has 8 nitrogen and oxygen atoms in total. The van der Waals surface area contributed by atoms with E-state index in [2.05, 4.69) is 26.1 Å². The Morgan fingerprint density at radius 3 is 2.38 bits per heavy atom. The summed E-state index contributed by atoms with van der Waals surface area (Å²) >= 11 is 0.919. The van der Waals surface area contributed by atoms with Gasteiger partial charge < -0.3 is 20.5 Å². The van der Waals surface area contributed by atoms with Gasteiger partial charge in [0.05, 0.1) is 18.6 Å². The van der Waals surface area contributed by atoms with Crippen molar-refractivity contribution >= 4 is 34.2 Å². The van der Waals surface area contributed by atoms with Crippen LogP contribution < -0.4 is 11.1 Å². The number of nitrogens with one attached hydrogen (secondary N) is 1. The number of carbonyl (C=O) groups is 3. The first-order valence-corrected chi connectivity index (χ1v) is 10.9. The first kappa shape index (κ1) is 24.9. The third kappa shape index (κ3) is 6.31. The second-order valence-electron chi connectivity index (χ2n) is 7.98. The topological polar surface area (TPSA) is 132 Å². The van der Waals surface area contributed by atoms with Crippen molar-refractivity contribution in [1.82, 2.24) is 5.32 Å². The quantitative estimate of drug-likeness (QED) is 0.580. The lowest BCUT2D eigenvalue weighted by atomic mass is 9.87. The van der Waals surface area contributed by atoms with Gasteiger partial charge in [-0.1, -0.05) is 32.9 Å². The molecule has 0 fully saturated rings. The second kappa shape index (κ2) is 10.8. The predicted octanol–water partition coefficient (Wildman–Crippen LogP) is 3.54. The second-order valence-corrected chi connectivity index (χ2v) is 9.03. The molecule has 0 bridgehead atoms. The Balaban J connectivity index is 1.90. The summed E-state index contributed by atoms with van der Waals surface area (Å²) < 4.78 is 10.2. The van der Waals surface area contributed by atoms with Crippen molar-refractivity contribution in [3.63, 3.8) is 0 Å². The summed E-state index contributed by atoms with van der Waals surface area (Å²) in [5, 5.41) is 12.1. The highest BCUT2D eigenvalue weighted by Gasteiger charge is 2.24. The molecule has 0 aliphatic rings. The molecular weight excluding hydrogens is 430 g/mol. The van der Waals surface area contributed by atoms with Crippen molar-refractivity contribution in [1.29, 1.82) is 5.26 Å². The highest BCUT2D eigenvalue weighted by Crippen LogP contribution is 2.32. The van der Waals surface area contributed by atoms with Gasteiger partial charge in [-0.15, -0.1) is 11.3 Å². The number of nitrogens with two attached hydrogens (primary N) is 1. The van der Waals surface area contributed by atoms with E-state index in [0.29, 0.717) is 5.56 Å². The van der Waals surface area contributed by atoms with Gasteiger partial charge >= 0.3 is 11.9 Å². The van der Waals surface area contributed by atoms with E-state index in [-0.39, 0.29) is 58.5 Å². The number of nitriles is 1. The van der Waals surface area contributed by atoms with E-state index in [1.807, 2.05) is 18.2 Å². The minimum atomic E-state index is -0.624. The first-order valence-electron chi connectivity index (χ1n) is 10.1. The molecule has 32 heavy (non-hydrogen) atoms. The summed E-state index contributed by atoms with van der Waals surface area (Å²) in [7, 11) is 0. The molecule has 9 heteroatoms. The van der Waals surface area contributed by atoms with Crippen LogP contribution in [0.15, 0.2) is 24.3 Å². The van der Waals surface area contributed by atoms with Crippen LogP contribution in [0, 0.1) is 11.3 Å². The van der Waals surface area contributed by atoms with Crippen LogP contribution in [0.2, 0.25) is 0 Å². The van der Waals surface area contributed by atoms with Crippen LogP contribution >= 0.6 is 11.3 Å². The molecule has 2 aromatic rings. The molecule has 3 N–H and O–H groups in total. The minimum Gasteiger partial charge on any atom is -0.462 e. The molecule has 0 aliphatic heterocycles. The van der Waals surface area contributed by atoms with Crippen molar-refractivity contribution in [2.45, 2.75) is 46.1 Å². The summed E-state index contributed by atoms with van der Waals surface area (Å²) in [6.45, 7) is 7.89. The van der Waals surface area contributed by atoms with Gasteiger partial charge in [0.15, 0.2) is 0 Å². The zero-order valence-corrected chi connectivity index (χ0v) is 19.4. The molecule has 0 spiro atoms. The van der Waals surface area contributed by atoms with Gasteiger partial charge in [-0.2, -0.15) is 5.26 Å². The van der Waals surface area contributed by atoms with Crippen molar-refractivity contribution in [2.75, 3.05) is 18.9 Å². The SMILES string of the molecule is CCOC(=O)c1sc(N)c(C#N)c1COC(=O)CCNC(=O)c1ccc(C(C)(C)C)cc1. The summed E-state index contributed by atoms with van der Waals surface area (Å²) in [4.78, 5) is 36.6. The number of ether oxygens (including phenoxy) is 2. The fraction of sp³-hybridized carbons (Fsp3) is 0.391. The van der Waals surface area contributed by atoms with Gasteiger partial charge in [0.1, 0.15) is 22.6 Å². The maximum atomic E-state index is 12.3. The molecule has 0 aliphatic carbocycles. The summed E-state index contributed by atoms with van der Waals surface area (Å²) in [5.74, 6) is -1.50. The van der Waals surface area contributed by atoms with Crippen LogP contribution in [0.1, 0.15) is 70.8 Å². The van der Waals surface area contributed by atoms with E-state index in [9.17, 15) is 19.6 Å². The number of hydrogen-bond donors (Lipinski definition) is 2. The van der Waals surface area contributed by atoms with E-state index in [1.165, 1.54) is 0 Å². The normalized spacial score (nSPS) is 10.8. The number of carbonyl (C=O) groups excluding carboxylic acids is 3. The lowest BCUT2D eigenvalue weighted by Crippen LogP contribution is -2.26. The largest absolute Gasteiger partial charge is 0.462 e. The average molecular weight is 458 g/mol. The number of amides is 1. The number of thiophene rings is 1. The van der Waals surface area contributed by atoms with Gasteiger partial charge in [-0.3, -0.25) is 9.59 Å². The molecule has 1 heterocycles. The minimum absolute atomic E-state index is 0.00949. The van der Waals surface area contributed by atoms with Gasteiger partial charge in [-0.25, -0.2) is 4.79 Å². The Kier molecular flexibility index (Phi) is 8.38. The molecule has 0 radical (unpaired) electrons. The Hall–Kier alpha value is -3.38. The van der Waals surface area contributed by atoms with Crippen molar-refractivity contribution in [3.05, 3.63) is 51.4 Å². The third-order valence-electron chi connectivity index (χ3n) is 4.61. The molecule has 1 aromatic heterocycles. The number of rotatable bonds is 8. The van der Waals surface area contributed by atoms with Crippen LogP contribution in [-0.2, 0) is 26.3 Å². The molecule has 1 amide bonds. The van der Waals surface area contributed by atoms with E-state index < -0.39 is 11.9 Å². The highest BCUT2D eigenvalue weighted by molar-refractivity contribution is 7.18. The molecule has 0 unspecified atom stereocenters. The van der Waals surface area contributed by atoms with Crippen LogP contribution in [0.5, 0.6) is 0 Å².